The molecule has 11 nitrogen and oxygen atoms in total. The first-order valence-corrected chi connectivity index (χ1v) is 13.0. The first-order chi connectivity index (χ1) is 18.0. The fourth-order valence-corrected chi connectivity index (χ4v) is 4.97. The summed E-state index contributed by atoms with van der Waals surface area (Å²) >= 11 is 0. The first-order valence-electron chi connectivity index (χ1n) is 11.5. The molecule has 3 aromatic carbocycles. The van der Waals surface area contributed by atoms with E-state index in [-0.39, 0.29) is 24.2 Å². The highest BCUT2D eigenvalue weighted by atomic mass is 32.2. The van der Waals surface area contributed by atoms with Gasteiger partial charge in [-0.3, -0.25) is 14.4 Å². The zero-order valence-electron chi connectivity index (χ0n) is 20.3. The quantitative estimate of drug-likeness (QED) is 0.235. The fourth-order valence-electron chi connectivity index (χ4n) is 3.68. The van der Waals surface area contributed by atoms with Gasteiger partial charge < -0.3 is 25.1 Å². The van der Waals surface area contributed by atoms with Crippen LogP contribution in [0.2, 0.25) is 0 Å². The molecule has 0 heterocycles. The summed E-state index contributed by atoms with van der Waals surface area (Å²) in [7, 11) is -4.45. The lowest BCUT2D eigenvalue weighted by Crippen LogP contribution is -2.38. The van der Waals surface area contributed by atoms with Crippen molar-refractivity contribution in [2.75, 3.05) is 6.61 Å². The smallest absolute Gasteiger partial charge is 0.325 e. The van der Waals surface area contributed by atoms with E-state index >= 15 is 0 Å². The maximum absolute atomic E-state index is 13.0. The van der Waals surface area contributed by atoms with Crippen molar-refractivity contribution < 1.29 is 42.5 Å². The molecular weight excluding hydrogens is 516 g/mol. The molecule has 0 bridgehead atoms. The predicted octanol–water partition coefficient (Wildman–Crippen LogP) is 1.98. The minimum Gasteiger partial charge on any atom is -0.492 e. The average Bonchev–Trinajstić information content (AvgIpc) is 2.87. The molecule has 2 atom stereocenters. The highest BCUT2D eigenvalue weighted by Crippen LogP contribution is 2.27. The standard InChI is InChI=1S/C26H26N2O9S/c1-16(26(33)34)27-25(32)19-9-10-23(38(35,36)28-20(15-29)14-24(30)31)22(13-19)37-12-11-18-7-4-6-17-5-2-3-8-21(17)18/h2-10,13,15-16,20,28H,11-12,14H2,1H3,(H,27,32)(H,30,31)(H,33,34)/t16-,20-/m0/s1. The Kier molecular flexibility index (Phi) is 9.16. The van der Waals surface area contributed by atoms with E-state index in [0.717, 1.165) is 34.5 Å². The third-order valence-electron chi connectivity index (χ3n) is 5.59. The molecule has 0 fully saturated rings. The van der Waals surface area contributed by atoms with E-state index < -0.39 is 51.3 Å². The number of hydrogen-bond donors (Lipinski definition) is 4. The van der Waals surface area contributed by atoms with Crippen LogP contribution in [0, 0.1) is 0 Å². The zero-order valence-corrected chi connectivity index (χ0v) is 21.1. The summed E-state index contributed by atoms with van der Waals surface area (Å²) in [5.41, 5.74) is 0.881. The fraction of sp³-hybridized carbons (Fsp3) is 0.231. The number of aldehydes is 1. The van der Waals surface area contributed by atoms with Crippen LogP contribution in [-0.2, 0) is 30.8 Å². The highest BCUT2D eigenvalue weighted by molar-refractivity contribution is 7.89. The van der Waals surface area contributed by atoms with Crippen molar-refractivity contribution in [2.24, 2.45) is 0 Å². The Labute approximate surface area is 218 Å². The van der Waals surface area contributed by atoms with E-state index in [2.05, 4.69) is 5.32 Å². The lowest BCUT2D eigenvalue weighted by Gasteiger charge is -2.17. The van der Waals surface area contributed by atoms with E-state index in [0.29, 0.717) is 6.42 Å². The second kappa shape index (κ2) is 12.3. The monoisotopic (exact) mass is 542 g/mol. The lowest BCUT2D eigenvalue weighted by molar-refractivity contribution is -0.139. The van der Waals surface area contributed by atoms with Crippen LogP contribution < -0.4 is 14.8 Å². The number of hydrogen-bond acceptors (Lipinski definition) is 7. The normalized spacial score (nSPS) is 12.9. The predicted molar refractivity (Wildman–Crippen MR) is 137 cm³/mol. The molecular formula is C26H26N2O9S. The van der Waals surface area contributed by atoms with Gasteiger partial charge in [-0.05, 0) is 41.5 Å². The number of nitrogens with one attached hydrogen (secondary N) is 2. The summed E-state index contributed by atoms with van der Waals surface area (Å²) in [5, 5.41) is 22.3. The van der Waals surface area contributed by atoms with E-state index in [1.807, 2.05) is 47.2 Å². The number of carbonyl (C=O) groups is 4. The zero-order chi connectivity index (χ0) is 27.9. The summed E-state index contributed by atoms with van der Waals surface area (Å²) in [4.78, 5) is 45.5. The van der Waals surface area contributed by atoms with Gasteiger partial charge in [-0.15, -0.1) is 0 Å². The summed E-state index contributed by atoms with van der Waals surface area (Å²) in [6.07, 6.45) is -0.216. The van der Waals surface area contributed by atoms with E-state index in [1.54, 1.807) is 0 Å². The number of benzene rings is 3. The van der Waals surface area contributed by atoms with Gasteiger partial charge in [0.1, 0.15) is 23.0 Å². The van der Waals surface area contributed by atoms with E-state index in [1.165, 1.54) is 6.92 Å². The highest BCUT2D eigenvalue weighted by Gasteiger charge is 2.26. The van der Waals surface area contributed by atoms with Crippen LogP contribution in [0.3, 0.4) is 0 Å². The van der Waals surface area contributed by atoms with Crippen molar-refractivity contribution >= 4 is 44.9 Å². The van der Waals surface area contributed by atoms with Crippen LogP contribution in [0.4, 0.5) is 0 Å². The first kappa shape index (κ1) is 28.3. The van der Waals surface area contributed by atoms with Crippen LogP contribution in [-0.4, -0.2) is 61.5 Å². The molecule has 3 aromatic rings. The molecule has 0 radical (unpaired) electrons. The molecule has 3 rings (SSSR count). The maximum atomic E-state index is 13.0. The molecule has 0 aliphatic rings. The molecule has 0 saturated carbocycles. The summed E-state index contributed by atoms with van der Waals surface area (Å²) in [6.45, 7) is 1.28. The van der Waals surface area contributed by atoms with Gasteiger partial charge in [-0.1, -0.05) is 42.5 Å². The molecule has 0 spiro atoms. The van der Waals surface area contributed by atoms with Crippen LogP contribution in [0.25, 0.3) is 10.8 Å². The molecule has 38 heavy (non-hydrogen) atoms. The Morgan fingerprint density at radius 3 is 2.42 bits per heavy atom. The summed E-state index contributed by atoms with van der Waals surface area (Å²) < 4.78 is 33.9. The molecule has 1 amide bonds. The van der Waals surface area contributed by atoms with Crippen molar-refractivity contribution in [3.63, 3.8) is 0 Å². The molecule has 200 valence electrons. The van der Waals surface area contributed by atoms with Crippen molar-refractivity contribution in [1.82, 2.24) is 10.0 Å². The van der Waals surface area contributed by atoms with Gasteiger partial charge in [0.25, 0.3) is 5.91 Å². The van der Waals surface area contributed by atoms with Crippen LogP contribution in [0.5, 0.6) is 5.75 Å². The second-order valence-corrected chi connectivity index (χ2v) is 10.1. The Hall–Kier alpha value is -4.29. The van der Waals surface area contributed by atoms with Crippen molar-refractivity contribution in [3.8, 4) is 5.75 Å². The summed E-state index contributed by atoms with van der Waals surface area (Å²) in [6, 6.07) is 14.1. The minimum absolute atomic E-state index is 0.0133. The number of fused-ring (bicyclic) bond motifs is 1. The second-order valence-electron chi connectivity index (χ2n) is 8.39. The molecule has 12 heteroatoms. The molecule has 0 saturated heterocycles. The van der Waals surface area contributed by atoms with Gasteiger partial charge >= 0.3 is 11.9 Å². The van der Waals surface area contributed by atoms with Gasteiger partial charge in [0.05, 0.1) is 19.1 Å². The molecule has 0 unspecified atom stereocenters. The molecule has 0 aromatic heterocycles. The maximum Gasteiger partial charge on any atom is 0.325 e. The van der Waals surface area contributed by atoms with Crippen LogP contribution in [0.15, 0.2) is 65.6 Å². The van der Waals surface area contributed by atoms with E-state index in [9.17, 15) is 27.6 Å². The van der Waals surface area contributed by atoms with Crippen molar-refractivity contribution in [3.05, 3.63) is 71.8 Å². The van der Waals surface area contributed by atoms with Gasteiger partial charge in [0, 0.05) is 12.0 Å². The largest absolute Gasteiger partial charge is 0.492 e. The number of ether oxygens (including phenoxy) is 1. The Morgan fingerprint density at radius 2 is 1.74 bits per heavy atom. The summed E-state index contributed by atoms with van der Waals surface area (Å²) in [5.74, 6) is -3.64. The van der Waals surface area contributed by atoms with Gasteiger partial charge in [-0.25, -0.2) is 13.1 Å². The van der Waals surface area contributed by atoms with Gasteiger partial charge in [0.2, 0.25) is 10.0 Å². The topological polar surface area (TPSA) is 176 Å². The van der Waals surface area contributed by atoms with Gasteiger partial charge in [-0.2, -0.15) is 0 Å². The Morgan fingerprint density at radius 1 is 1.03 bits per heavy atom. The number of rotatable bonds is 13. The Balaban J connectivity index is 1.91. The van der Waals surface area contributed by atoms with Crippen LogP contribution >= 0.6 is 0 Å². The Bertz CT molecular complexity index is 1470. The number of amides is 1. The number of sulfonamides is 1. The van der Waals surface area contributed by atoms with Crippen molar-refractivity contribution in [1.29, 1.82) is 0 Å². The van der Waals surface area contributed by atoms with Crippen molar-refractivity contribution in [2.45, 2.75) is 36.7 Å². The average molecular weight is 543 g/mol. The number of carboxylic acids is 2. The number of aliphatic carboxylic acids is 2. The van der Waals surface area contributed by atoms with Crippen LogP contribution in [0.1, 0.15) is 29.3 Å². The molecule has 0 aliphatic heterocycles. The third-order valence-corrected chi connectivity index (χ3v) is 7.12. The van der Waals surface area contributed by atoms with Gasteiger partial charge in [0.15, 0.2) is 0 Å². The lowest BCUT2D eigenvalue weighted by atomic mass is 10.0. The molecule has 0 aliphatic carbocycles. The number of carboxylic acid groups (broad SMARTS) is 2. The third kappa shape index (κ3) is 7.14. The van der Waals surface area contributed by atoms with E-state index in [4.69, 9.17) is 14.9 Å². The number of carbonyl (C=O) groups excluding carboxylic acids is 2. The SMILES string of the molecule is C[C@H](NC(=O)c1ccc(S(=O)(=O)N[C@H](C=O)CC(=O)O)c(OCCc2cccc3ccccc23)c1)C(=O)O. The molecule has 4 N–H and O–H groups in total. The minimum atomic E-state index is -4.45.